The zero-order valence-electron chi connectivity index (χ0n) is 15.1. The summed E-state index contributed by atoms with van der Waals surface area (Å²) in [6.45, 7) is 5.41. The fourth-order valence-electron chi connectivity index (χ4n) is 2.47. The second-order valence-corrected chi connectivity index (χ2v) is 6.71. The molecular weight excluding hydrogens is 350 g/mol. The molecule has 1 atom stereocenters. The maximum absolute atomic E-state index is 6.02. The maximum Gasteiger partial charge on any atom is 0.247 e. The van der Waals surface area contributed by atoms with Crippen molar-refractivity contribution in [2.24, 2.45) is 0 Å². The van der Waals surface area contributed by atoms with Crippen molar-refractivity contribution in [3.05, 3.63) is 65.0 Å². The smallest absolute Gasteiger partial charge is 0.247 e. The zero-order valence-corrected chi connectivity index (χ0v) is 15.9. The van der Waals surface area contributed by atoms with Gasteiger partial charge in [-0.15, -0.1) is 10.2 Å². The average molecular weight is 372 g/mol. The monoisotopic (exact) mass is 371 g/mol. The minimum Gasteiger partial charge on any atom is -0.492 e. The lowest BCUT2D eigenvalue weighted by Gasteiger charge is -2.21. The van der Waals surface area contributed by atoms with Crippen molar-refractivity contribution in [3.63, 3.8) is 0 Å². The van der Waals surface area contributed by atoms with E-state index in [1.54, 1.807) is 0 Å². The lowest BCUT2D eigenvalue weighted by atomic mass is 10.2. The first-order valence-corrected chi connectivity index (χ1v) is 8.90. The minimum absolute atomic E-state index is 0.0166. The molecule has 1 aromatic heterocycles. The third kappa shape index (κ3) is 4.62. The molecule has 0 aliphatic rings. The summed E-state index contributed by atoms with van der Waals surface area (Å²) in [5, 5.41) is 8.95. The number of aromatic nitrogens is 2. The molecule has 0 N–H and O–H groups in total. The molecule has 0 saturated heterocycles. The summed E-state index contributed by atoms with van der Waals surface area (Å²) < 4.78 is 11.6. The Morgan fingerprint density at radius 2 is 1.92 bits per heavy atom. The summed E-state index contributed by atoms with van der Waals surface area (Å²) in [6, 6.07) is 15.4. The predicted molar refractivity (Wildman–Crippen MR) is 102 cm³/mol. The molecule has 0 aliphatic carbocycles. The molecule has 3 aromatic rings. The van der Waals surface area contributed by atoms with Gasteiger partial charge >= 0.3 is 0 Å². The van der Waals surface area contributed by atoms with Crippen molar-refractivity contribution < 1.29 is 9.15 Å². The number of ether oxygens (including phenoxy) is 1. The standard InChI is InChI=1S/C20H22ClN3O2/c1-14-7-9-18(10-8-14)25-12-11-24(3)15(2)19-22-23-20(26-19)16-5-4-6-17(21)13-16/h4-10,13,15H,11-12H2,1-3H3/t15-/m1/s1. The minimum atomic E-state index is -0.0166. The fourth-order valence-corrected chi connectivity index (χ4v) is 2.66. The molecule has 0 aliphatic heterocycles. The van der Waals surface area contributed by atoms with Crippen LogP contribution < -0.4 is 4.74 Å². The average Bonchev–Trinajstić information content (AvgIpc) is 3.13. The number of benzene rings is 2. The van der Waals surface area contributed by atoms with E-state index in [1.807, 2.05) is 62.5 Å². The molecule has 26 heavy (non-hydrogen) atoms. The highest BCUT2D eigenvalue weighted by Crippen LogP contribution is 2.25. The summed E-state index contributed by atoms with van der Waals surface area (Å²) in [4.78, 5) is 2.11. The van der Waals surface area contributed by atoms with Gasteiger partial charge in [0.2, 0.25) is 11.8 Å². The summed E-state index contributed by atoms with van der Waals surface area (Å²) in [7, 11) is 2.01. The van der Waals surface area contributed by atoms with Crippen LogP contribution in [0.15, 0.2) is 52.9 Å². The zero-order chi connectivity index (χ0) is 18.5. The first-order valence-electron chi connectivity index (χ1n) is 8.52. The molecule has 0 bridgehead atoms. The van der Waals surface area contributed by atoms with E-state index < -0.39 is 0 Å². The van der Waals surface area contributed by atoms with Crippen LogP contribution in [0.1, 0.15) is 24.4 Å². The third-order valence-electron chi connectivity index (χ3n) is 4.26. The highest BCUT2D eigenvalue weighted by Gasteiger charge is 2.19. The van der Waals surface area contributed by atoms with E-state index in [4.69, 9.17) is 20.8 Å². The van der Waals surface area contributed by atoms with E-state index in [1.165, 1.54) is 5.56 Å². The molecule has 136 valence electrons. The summed E-state index contributed by atoms with van der Waals surface area (Å²) >= 11 is 6.02. The maximum atomic E-state index is 6.02. The Morgan fingerprint density at radius 3 is 2.65 bits per heavy atom. The summed E-state index contributed by atoms with van der Waals surface area (Å²) in [5.41, 5.74) is 2.03. The van der Waals surface area contributed by atoms with Gasteiger partial charge in [-0.2, -0.15) is 0 Å². The normalized spacial score (nSPS) is 12.3. The second kappa shape index (κ2) is 8.34. The van der Waals surface area contributed by atoms with Crippen molar-refractivity contribution in [1.29, 1.82) is 0 Å². The van der Waals surface area contributed by atoms with Crippen molar-refractivity contribution in [3.8, 4) is 17.2 Å². The summed E-state index contributed by atoms with van der Waals surface area (Å²) in [6.07, 6.45) is 0. The summed E-state index contributed by atoms with van der Waals surface area (Å²) in [5.74, 6) is 1.91. The van der Waals surface area contributed by atoms with Gasteiger partial charge in [-0.05, 0) is 51.2 Å². The number of hydrogen-bond donors (Lipinski definition) is 0. The second-order valence-electron chi connectivity index (χ2n) is 6.27. The van der Waals surface area contributed by atoms with Gasteiger partial charge in [0.15, 0.2) is 0 Å². The SMILES string of the molecule is Cc1ccc(OCCN(C)[C@H](C)c2nnc(-c3cccc(Cl)c3)o2)cc1. The molecule has 5 nitrogen and oxygen atoms in total. The lowest BCUT2D eigenvalue weighted by Crippen LogP contribution is -2.27. The molecule has 3 rings (SSSR count). The molecule has 1 heterocycles. The molecule has 0 unspecified atom stereocenters. The van der Waals surface area contributed by atoms with Crippen LogP contribution in [-0.4, -0.2) is 35.3 Å². The van der Waals surface area contributed by atoms with Crippen molar-refractivity contribution in [1.82, 2.24) is 15.1 Å². The Labute approximate surface area is 158 Å². The molecule has 0 saturated carbocycles. The Hall–Kier alpha value is -2.37. The van der Waals surface area contributed by atoms with Crippen LogP contribution in [0.3, 0.4) is 0 Å². The number of aryl methyl sites for hydroxylation is 1. The first-order chi connectivity index (χ1) is 12.5. The number of rotatable bonds is 7. The van der Waals surface area contributed by atoms with E-state index in [0.717, 1.165) is 17.9 Å². The molecular formula is C20H22ClN3O2. The van der Waals surface area contributed by atoms with E-state index in [9.17, 15) is 0 Å². The topological polar surface area (TPSA) is 51.4 Å². The van der Waals surface area contributed by atoms with E-state index >= 15 is 0 Å². The lowest BCUT2D eigenvalue weighted by molar-refractivity contribution is 0.182. The van der Waals surface area contributed by atoms with E-state index in [-0.39, 0.29) is 6.04 Å². The molecule has 0 amide bonds. The fraction of sp³-hybridized carbons (Fsp3) is 0.300. The van der Waals surface area contributed by atoms with Crippen LogP contribution in [0.5, 0.6) is 5.75 Å². The van der Waals surface area contributed by atoms with E-state index in [2.05, 4.69) is 22.0 Å². The quantitative estimate of drug-likeness (QED) is 0.598. The van der Waals surface area contributed by atoms with Gasteiger partial charge in [0, 0.05) is 17.1 Å². The van der Waals surface area contributed by atoms with Gasteiger partial charge in [-0.25, -0.2) is 0 Å². The number of halogens is 1. The van der Waals surface area contributed by atoms with Gasteiger partial charge in [-0.3, -0.25) is 4.90 Å². The van der Waals surface area contributed by atoms with Crippen LogP contribution in [0.25, 0.3) is 11.5 Å². The largest absolute Gasteiger partial charge is 0.492 e. The molecule has 6 heteroatoms. The Morgan fingerprint density at radius 1 is 1.15 bits per heavy atom. The molecule has 0 radical (unpaired) electrons. The molecule has 0 spiro atoms. The number of likely N-dealkylation sites (N-methyl/N-ethyl adjacent to an activating group) is 1. The number of hydrogen-bond acceptors (Lipinski definition) is 5. The van der Waals surface area contributed by atoms with Gasteiger partial charge < -0.3 is 9.15 Å². The van der Waals surface area contributed by atoms with Crippen molar-refractivity contribution >= 4 is 11.6 Å². The van der Waals surface area contributed by atoms with Gasteiger partial charge in [0.05, 0.1) is 6.04 Å². The highest BCUT2D eigenvalue weighted by molar-refractivity contribution is 6.30. The highest BCUT2D eigenvalue weighted by atomic mass is 35.5. The van der Waals surface area contributed by atoms with Crippen LogP contribution in [0.2, 0.25) is 5.02 Å². The van der Waals surface area contributed by atoms with Crippen molar-refractivity contribution in [2.75, 3.05) is 20.2 Å². The Balaban J connectivity index is 1.56. The third-order valence-corrected chi connectivity index (χ3v) is 4.50. The van der Waals surface area contributed by atoms with Gasteiger partial charge in [0.1, 0.15) is 12.4 Å². The van der Waals surface area contributed by atoms with Gasteiger partial charge in [-0.1, -0.05) is 35.4 Å². The van der Waals surface area contributed by atoms with Gasteiger partial charge in [0.25, 0.3) is 0 Å². The Kier molecular flexibility index (Phi) is 5.91. The van der Waals surface area contributed by atoms with Crippen LogP contribution >= 0.6 is 11.6 Å². The molecule has 2 aromatic carbocycles. The predicted octanol–water partition coefficient (Wildman–Crippen LogP) is 4.77. The molecule has 0 fully saturated rings. The Bertz CT molecular complexity index is 848. The first kappa shape index (κ1) is 18.4. The van der Waals surface area contributed by atoms with Crippen molar-refractivity contribution in [2.45, 2.75) is 19.9 Å². The van der Waals surface area contributed by atoms with E-state index in [0.29, 0.717) is 23.4 Å². The van der Waals surface area contributed by atoms with Crippen LogP contribution in [0.4, 0.5) is 0 Å². The number of nitrogens with zero attached hydrogens (tertiary/aromatic N) is 3. The van der Waals surface area contributed by atoms with Crippen LogP contribution in [-0.2, 0) is 0 Å². The van der Waals surface area contributed by atoms with Crippen LogP contribution in [0, 0.1) is 6.92 Å².